The number of carboxylic acids is 1. The van der Waals surface area contributed by atoms with Crippen molar-refractivity contribution < 1.29 is 18.7 Å². The van der Waals surface area contributed by atoms with Crippen LogP contribution < -0.4 is 0 Å². The third-order valence-electron chi connectivity index (χ3n) is 2.31. The summed E-state index contributed by atoms with van der Waals surface area (Å²) in [5.74, 6) is -4.28. The van der Waals surface area contributed by atoms with Crippen LogP contribution in [0.5, 0.6) is 0 Å². The van der Waals surface area contributed by atoms with Crippen molar-refractivity contribution in [1.82, 2.24) is 4.57 Å². The fourth-order valence-electron chi connectivity index (χ4n) is 1.49. The monoisotopic (exact) mass is 231 g/mol. The van der Waals surface area contributed by atoms with Crippen LogP contribution in [0.1, 0.15) is 19.5 Å². The largest absolute Gasteiger partial charge is 0.481 e. The number of aliphatic carboxylic acids is 1. The second kappa shape index (κ2) is 4.63. The molecule has 1 unspecified atom stereocenters. The van der Waals surface area contributed by atoms with E-state index in [4.69, 9.17) is 5.11 Å². The molecule has 0 aromatic carbocycles. The molecule has 1 rings (SSSR count). The summed E-state index contributed by atoms with van der Waals surface area (Å²) in [6.07, 6.45) is 1.81. The van der Waals surface area contributed by atoms with E-state index in [0.29, 0.717) is 5.69 Å². The first-order chi connectivity index (χ1) is 7.29. The Morgan fingerprint density at radius 2 is 2.25 bits per heavy atom. The van der Waals surface area contributed by atoms with Crippen molar-refractivity contribution in [3.63, 3.8) is 0 Å². The van der Waals surface area contributed by atoms with Crippen LogP contribution in [0, 0.1) is 5.92 Å². The molecule has 5 heteroatoms. The quantitative estimate of drug-likeness (QED) is 0.845. The number of hydrogen-bond donors (Lipinski definition) is 1. The predicted molar refractivity (Wildman–Crippen MR) is 55.6 cm³/mol. The molecule has 0 aliphatic rings. The van der Waals surface area contributed by atoms with E-state index in [1.54, 1.807) is 25.3 Å². The maximum Gasteiger partial charge on any atom is 0.306 e. The van der Waals surface area contributed by atoms with Crippen LogP contribution >= 0.6 is 0 Å². The summed E-state index contributed by atoms with van der Waals surface area (Å²) in [6.45, 7) is 1.99. The minimum atomic E-state index is -2.79. The van der Waals surface area contributed by atoms with Gasteiger partial charge >= 0.3 is 5.97 Å². The normalized spacial score (nSPS) is 13.8. The van der Waals surface area contributed by atoms with E-state index in [9.17, 15) is 13.6 Å². The standard InChI is InChI=1S/C11H15F2NO2/c1-8(10(15)16)6-9-4-3-5-14(9)7-11(2,12)13/h3-5,8H,6-7H2,1-2H3,(H,15,16). The van der Waals surface area contributed by atoms with Crippen LogP contribution in [0.15, 0.2) is 18.3 Å². The van der Waals surface area contributed by atoms with Crippen LogP contribution in [0.3, 0.4) is 0 Å². The van der Waals surface area contributed by atoms with Crippen molar-refractivity contribution in [2.45, 2.75) is 32.7 Å². The van der Waals surface area contributed by atoms with Gasteiger partial charge in [0.05, 0.1) is 12.5 Å². The average molecular weight is 231 g/mol. The SMILES string of the molecule is CC(Cc1cccn1CC(C)(F)F)C(=O)O. The fraction of sp³-hybridized carbons (Fsp3) is 0.545. The molecule has 1 N–H and O–H groups in total. The Balaban J connectivity index is 2.75. The fourth-order valence-corrected chi connectivity index (χ4v) is 1.49. The highest BCUT2D eigenvalue weighted by molar-refractivity contribution is 5.69. The van der Waals surface area contributed by atoms with E-state index in [0.717, 1.165) is 6.92 Å². The number of rotatable bonds is 5. The Hall–Kier alpha value is -1.39. The third kappa shape index (κ3) is 3.64. The highest BCUT2D eigenvalue weighted by Gasteiger charge is 2.23. The minimum Gasteiger partial charge on any atom is -0.481 e. The van der Waals surface area contributed by atoms with E-state index in [1.165, 1.54) is 4.57 Å². The van der Waals surface area contributed by atoms with Gasteiger partial charge in [0, 0.05) is 25.2 Å². The molecule has 0 saturated heterocycles. The van der Waals surface area contributed by atoms with Crippen molar-refractivity contribution in [2.24, 2.45) is 5.92 Å². The van der Waals surface area contributed by atoms with Gasteiger partial charge in [0.2, 0.25) is 0 Å². The van der Waals surface area contributed by atoms with Gasteiger partial charge in [0.15, 0.2) is 0 Å². The molecule has 0 aliphatic heterocycles. The second-order valence-electron chi connectivity index (χ2n) is 4.14. The Bertz CT molecular complexity index is 368. The van der Waals surface area contributed by atoms with E-state index in [2.05, 4.69) is 0 Å². The van der Waals surface area contributed by atoms with E-state index >= 15 is 0 Å². The second-order valence-corrected chi connectivity index (χ2v) is 4.14. The zero-order chi connectivity index (χ0) is 12.3. The zero-order valence-corrected chi connectivity index (χ0v) is 9.28. The number of aromatic nitrogens is 1. The van der Waals surface area contributed by atoms with Gasteiger partial charge in [-0.1, -0.05) is 6.92 Å². The summed E-state index contributed by atoms with van der Waals surface area (Å²) in [6, 6.07) is 3.32. The first-order valence-electron chi connectivity index (χ1n) is 5.04. The zero-order valence-electron chi connectivity index (χ0n) is 9.28. The molecule has 0 spiro atoms. The Morgan fingerprint density at radius 1 is 1.62 bits per heavy atom. The summed E-state index contributed by atoms with van der Waals surface area (Å²) in [5, 5.41) is 8.75. The highest BCUT2D eigenvalue weighted by Crippen LogP contribution is 2.18. The molecule has 0 saturated carbocycles. The van der Waals surface area contributed by atoms with E-state index in [-0.39, 0.29) is 6.42 Å². The predicted octanol–water partition coefficient (Wildman–Crippen LogP) is 2.41. The summed E-state index contributed by atoms with van der Waals surface area (Å²) in [4.78, 5) is 10.7. The van der Waals surface area contributed by atoms with Gasteiger partial charge in [-0.25, -0.2) is 8.78 Å². The minimum absolute atomic E-state index is 0.262. The van der Waals surface area contributed by atoms with Crippen molar-refractivity contribution in [3.05, 3.63) is 24.0 Å². The molecule has 1 atom stereocenters. The van der Waals surface area contributed by atoms with Crippen molar-refractivity contribution in [1.29, 1.82) is 0 Å². The van der Waals surface area contributed by atoms with Gasteiger partial charge in [0.1, 0.15) is 0 Å². The Morgan fingerprint density at radius 3 is 2.75 bits per heavy atom. The first kappa shape index (κ1) is 12.7. The number of hydrogen-bond acceptors (Lipinski definition) is 1. The molecule has 1 heterocycles. The van der Waals surface area contributed by atoms with Gasteiger partial charge in [-0.2, -0.15) is 0 Å². The van der Waals surface area contributed by atoms with Crippen LogP contribution in [-0.4, -0.2) is 21.6 Å². The van der Waals surface area contributed by atoms with Gasteiger partial charge in [-0.05, 0) is 12.1 Å². The average Bonchev–Trinajstić information content (AvgIpc) is 2.49. The summed E-state index contributed by atoms with van der Waals surface area (Å²) < 4.78 is 27.1. The third-order valence-corrected chi connectivity index (χ3v) is 2.31. The smallest absolute Gasteiger partial charge is 0.306 e. The molecule has 1 aromatic rings. The van der Waals surface area contributed by atoms with Gasteiger partial charge in [-0.15, -0.1) is 0 Å². The lowest BCUT2D eigenvalue weighted by Gasteiger charge is -2.15. The van der Waals surface area contributed by atoms with Crippen LogP contribution in [0.25, 0.3) is 0 Å². The molecule has 1 aromatic heterocycles. The molecule has 0 fully saturated rings. The molecule has 0 aliphatic carbocycles. The summed E-state index contributed by atoms with van der Waals surface area (Å²) in [7, 11) is 0. The number of halogens is 2. The lowest BCUT2D eigenvalue weighted by atomic mass is 10.1. The van der Waals surface area contributed by atoms with E-state index < -0.39 is 24.4 Å². The maximum atomic E-state index is 12.8. The maximum absolute atomic E-state index is 12.8. The molecular formula is C11H15F2NO2. The first-order valence-corrected chi connectivity index (χ1v) is 5.04. The number of carbonyl (C=O) groups is 1. The molecule has 90 valence electrons. The van der Waals surface area contributed by atoms with Gasteiger partial charge in [-0.3, -0.25) is 4.79 Å². The molecular weight excluding hydrogens is 216 g/mol. The molecule has 0 bridgehead atoms. The summed E-state index contributed by atoms with van der Waals surface area (Å²) in [5.41, 5.74) is 0.622. The van der Waals surface area contributed by atoms with E-state index in [1.807, 2.05) is 0 Å². The van der Waals surface area contributed by atoms with Crippen molar-refractivity contribution >= 4 is 5.97 Å². The highest BCUT2D eigenvalue weighted by atomic mass is 19.3. The molecule has 16 heavy (non-hydrogen) atoms. The number of carboxylic acid groups (broad SMARTS) is 1. The molecule has 0 radical (unpaired) electrons. The molecule has 0 amide bonds. The van der Waals surface area contributed by atoms with Crippen LogP contribution in [0.4, 0.5) is 8.78 Å². The topological polar surface area (TPSA) is 42.2 Å². The number of alkyl halides is 2. The molecule has 3 nitrogen and oxygen atoms in total. The van der Waals surface area contributed by atoms with Crippen LogP contribution in [0.2, 0.25) is 0 Å². The van der Waals surface area contributed by atoms with Crippen LogP contribution in [-0.2, 0) is 17.8 Å². The Kier molecular flexibility index (Phi) is 3.67. The number of nitrogens with zero attached hydrogens (tertiary/aromatic N) is 1. The lowest BCUT2D eigenvalue weighted by Crippen LogP contribution is -2.22. The van der Waals surface area contributed by atoms with Gasteiger partial charge < -0.3 is 9.67 Å². The van der Waals surface area contributed by atoms with Gasteiger partial charge in [0.25, 0.3) is 5.92 Å². The van der Waals surface area contributed by atoms with Crippen molar-refractivity contribution in [2.75, 3.05) is 0 Å². The summed E-state index contributed by atoms with van der Waals surface area (Å²) >= 11 is 0. The lowest BCUT2D eigenvalue weighted by molar-refractivity contribution is -0.141. The van der Waals surface area contributed by atoms with Crippen molar-refractivity contribution in [3.8, 4) is 0 Å². The Labute approximate surface area is 92.7 Å².